The highest BCUT2D eigenvalue weighted by Gasteiger charge is 2.39. The summed E-state index contributed by atoms with van der Waals surface area (Å²) >= 11 is 0. The highest BCUT2D eigenvalue weighted by Crippen LogP contribution is 2.28. The molecule has 5 heteroatoms. The fraction of sp³-hybridized carbons (Fsp3) is 0.533. The Balaban J connectivity index is 2.19. The Morgan fingerprint density at radius 3 is 2.55 bits per heavy atom. The summed E-state index contributed by atoms with van der Waals surface area (Å²) in [7, 11) is 0. The van der Waals surface area contributed by atoms with Crippen LogP contribution in [0.25, 0.3) is 0 Å². The summed E-state index contributed by atoms with van der Waals surface area (Å²) in [5, 5.41) is 3.16. The first kappa shape index (κ1) is 14.9. The quantitative estimate of drug-likeness (QED) is 0.919. The zero-order valence-corrected chi connectivity index (χ0v) is 11.9. The van der Waals surface area contributed by atoms with Crippen LogP contribution in [-0.4, -0.2) is 30.4 Å². The van der Waals surface area contributed by atoms with Crippen molar-refractivity contribution in [1.82, 2.24) is 10.2 Å². The molecule has 3 nitrogen and oxygen atoms in total. The number of carbonyl (C=O) groups is 1. The minimum Gasteiger partial charge on any atom is -0.338 e. The van der Waals surface area contributed by atoms with Crippen molar-refractivity contribution in [2.24, 2.45) is 5.41 Å². The van der Waals surface area contributed by atoms with Crippen LogP contribution in [0.1, 0.15) is 25.8 Å². The Kier molecular flexibility index (Phi) is 4.38. The van der Waals surface area contributed by atoms with E-state index in [9.17, 15) is 13.6 Å². The topological polar surface area (TPSA) is 32.3 Å². The molecule has 1 aliphatic heterocycles. The Labute approximate surface area is 118 Å². The van der Waals surface area contributed by atoms with Crippen molar-refractivity contribution in [3.63, 3.8) is 0 Å². The summed E-state index contributed by atoms with van der Waals surface area (Å²) in [4.78, 5) is 14.1. The number of halogens is 2. The average molecular weight is 282 g/mol. The molecule has 0 bridgehead atoms. The number of amides is 1. The van der Waals surface area contributed by atoms with E-state index in [1.54, 1.807) is 0 Å². The first-order valence-electron chi connectivity index (χ1n) is 6.91. The lowest BCUT2D eigenvalue weighted by Gasteiger charge is -2.30. The molecule has 1 aliphatic rings. The number of hydrogen-bond acceptors (Lipinski definition) is 2. The Morgan fingerprint density at radius 1 is 1.40 bits per heavy atom. The number of rotatable bonds is 4. The van der Waals surface area contributed by atoms with Gasteiger partial charge in [0.2, 0.25) is 5.91 Å². The zero-order chi connectivity index (χ0) is 14.8. The summed E-state index contributed by atoms with van der Waals surface area (Å²) in [5.41, 5.74) is -0.519. The van der Waals surface area contributed by atoms with Crippen molar-refractivity contribution in [3.05, 3.63) is 35.4 Å². The molecular weight excluding hydrogens is 262 g/mol. The van der Waals surface area contributed by atoms with E-state index in [-0.39, 0.29) is 18.0 Å². The number of nitrogens with zero attached hydrogens (tertiary/aromatic N) is 1. The first-order chi connectivity index (χ1) is 9.48. The second kappa shape index (κ2) is 5.87. The molecular formula is C15H20F2N2O. The maximum absolute atomic E-state index is 13.7. The van der Waals surface area contributed by atoms with Crippen molar-refractivity contribution in [3.8, 4) is 0 Å². The van der Waals surface area contributed by atoms with Crippen molar-refractivity contribution in [2.45, 2.75) is 26.8 Å². The van der Waals surface area contributed by atoms with Crippen LogP contribution in [0.2, 0.25) is 0 Å². The van der Waals surface area contributed by atoms with Gasteiger partial charge in [0.25, 0.3) is 0 Å². The van der Waals surface area contributed by atoms with Gasteiger partial charge in [-0.3, -0.25) is 4.79 Å². The van der Waals surface area contributed by atoms with Gasteiger partial charge in [-0.15, -0.1) is 0 Å². The minimum absolute atomic E-state index is 0.0244. The molecule has 1 aromatic rings. The third kappa shape index (κ3) is 2.82. The third-order valence-electron chi connectivity index (χ3n) is 3.96. The third-order valence-corrected chi connectivity index (χ3v) is 3.96. The van der Waals surface area contributed by atoms with Crippen LogP contribution in [0.4, 0.5) is 8.78 Å². The van der Waals surface area contributed by atoms with Crippen LogP contribution in [0.15, 0.2) is 18.2 Å². The van der Waals surface area contributed by atoms with Gasteiger partial charge < -0.3 is 10.2 Å². The molecule has 1 N–H and O–H groups in total. The van der Waals surface area contributed by atoms with Crippen LogP contribution in [0.5, 0.6) is 0 Å². The molecule has 0 radical (unpaired) electrons. The van der Waals surface area contributed by atoms with E-state index in [1.807, 2.05) is 13.8 Å². The van der Waals surface area contributed by atoms with Gasteiger partial charge >= 0.3 is 0 Å². The van der Waals surface area contributed by atoms with E-state index < -0.39 is 17.0 Å². The number of hydrogen-bond donors (Lipinski definition) is 1. The van der Waals surface area contributed by atoms with Crippen LogP contribution in [-0.2, 0) is 11.3 Å². The zero-order valence-electron chi connectivity index (χ0n) is 11.9. The second-order valence-corrected chi connectivity index (χ2v) is 5.51. The van der Waals surface area contributed by atoms with E-state index in [2.05, 4.69) is 5.32 Å². The smallest absolute Gasteiger partial charge is 0.230 e. The molecule has 0 saturated carbocycles. The second-order valence-electron chi connectivity index (χ2n) is 5.51. The van der Waals surface area contributed by atoms with E-state index in [1.165, 1.54) is 23.1 Å². The Morgan fingerprint density at radius 2 is 2.05 bits per heavy atom. The van der Waals surface area contributed by atoms with Crippen LogP contribution in [0, 0.1) is 17.0 Å². The van der Waals surface area contributed by atoms with Gasteiger partial charge in [0.1, 0.15) is 11.6 Å². The molecule has 0 unspecified atom stereocenters. The summed E-state index contributed by atoms with van der Waals surface area (Å²) < 4.78 is 27.4. The maximum Gasteiger partial charge on any atom is 0.230 e. The van der Waals surface area contributed by atoms with E-state index in [4.69, 9.17) is 0 Å². The molecule has 1 atom stereocenters. The monoisotopic (exact) mass is 282 g/mol. The predicted molar refractivity (Wildman–Crippen MR) is 73.0 cm³/mol. The molecule has 0 spiro atoms. The highest BCUT2D eigenvalue weighted by molar-refractivity contribution is 5.83. The molecule has 2 rings (SSSR count). The van der Waals surface area contributed by atoms with Crippen molar-refractivity contribution in [2.75, 3.05) is 19.6 Å². The highest BCUT2D eigenvalue weighted by atomic mass is 19.1. The number of carbonyl (C=O) groups excluding carboxylic acids is 1. The molecule has 1 heterocycles. The molecule has 20 heavy (non-hydrogen) atoms. The van der Waals surface area contributed by atoms with Gasteiger partial charge in [0, 0.05) is 18.7 Å². The maximum atomic E-state index is 13.7. The average Bonchev–Trinajstić information content (AvgIpc) is 2.86. The Bertz CT molecular complexity index is 478. The molecule has 1 fully saturated rings. The predicted octanol–water partition coefficient (Wildman–Crippen LogP) is 2.31. The molecule has 110 valence electrons. The number of nitrogens with one attached hydrogen (secondary N) is 1. The molecule has 1 aromatic carbocycles. The fourth-order valence-corrected chi connectivity index (χ4v) is 2.58. The van der Waals surface area contributed by atoms with Gasteiger partial charge in [0.05, 0.1) is 12.0 Å². The van der Waals surface area contributed by atoms with Crippen LogP contribution >= 0.6 is 0 Å². The SMILES string of the molecule is CCN(Cc1c(F)cccc1F)C(=O)[C@]1(C)CCNC1. The van der Waals surface area contributed by atoms with Gasteiger partial charge in [-0.25, -0.2) is 8.78 Å². The normalized spacial score (nSPS) is 22.0. The lowest BCUT2D eigenvalue weighted by molar-refractivity contribution is -0.140. The summed E-state index contributed by atoms with van der Waals surface area (Å²) in [6.45, 7) is 5.54. The van der Waals surface area contributed by atoms with Gasteiger partial charge in [-0.2, -0.15) is 0 Å². The van der Waals surface area contributed by atoms with Crippen molar-refractivity contribution < 1.29 is 13.6 Å². The van der Waals surface area contributed by atoms with E-state index in [0.717, 1.165) is 13.0 Å². The Hall–Kier alpha value is -1.49. The van der Waals surface area contributed by atoms with E-state index in [0.29, 0.717) is 13.1 Å². The fourth-order valence-electron chi connectivity index (χ4n) is 2.58. The molecule has 0 aliphatic carbocycles. The van der Waals surface area contributed by atoms with Crippen molar-refractivity contribution >= 4 is 5.91 Å². The van der Waals surface area contributed by atoms with E-state index >= 15 is 0 Å². The standard InChI is InChI=1S/C15H20F2N2O/c1-3-19(14(20)15(2)7-8-18-10-15)9-11-12(16)5-4-6-13(11)17/h4-6,18H,3,7-10H2,1-2H3/t15-/m1/s1. The number of benzene rings is 1. The van der Waals surface area contributed by atoms with Crippen LogP contribution < -0.4 is 5.32 Å². The molecule has 0 aromatic heterocycles. The summed E-state index contributed by atoms with van der Waals surface area (Å²) in [5.74, 6) is -1.26. The van der Waals surface area contributed by atoms with Crippen LogP contribution in [0.3, 0.4) is 0 Å². The molecule has 1 saturated heterocycles. The van der Waals surface area contributed by atoms with Gasteiger partial charge in [0.15, 0.2) is 0 Å². The minimum atomic E-state index is -0.606. The van der Waals surface area contributed by atoms with Crippen molar-refractivity contribution in [1.29, 1.82) is 0 Å². The lowest BCUT2D eigenvalue weighted by atomic mass is 9.88. The summed E-state index contributed by atoms with van der Waals surface area (Å²) in [6, 6.07) is 3.76. The lowest BCUT2D eigenvalue weighted by Crippen LogP contribution is -2.43. The van der Waals surface area contributed by atoms with Gasteiger partial charge in [-0.1, -0.05) is 6.07 Å². The first-order valence-corrected chi connectivity index (χ1v) is 6.91. The largest absolute Gasteiger partial charge is 0.338 e. The summed E-state index contributed by atoms with van der Waals surface area (Å²) in [6.07, 6.45) is 0.752. The molecule has 1 amide bonds. The van der Waals surface area contributed by atoms with Gasteiger partial charge in [-0.05, 0) is 38.9 Å².